The summed E-state index contributed by atoms with van der Waals surface area (Å²) in [6.07, 6.45) is 0. The zero-order valence-corrected chi connectivity index (χ0v) is 24.5. The Kier molecular flexibility index (Phi) is 10.0. The molecular weight excluding hydrogens is 598 g/mol. The average molecular weight is 627 g/mol. The van der Waals surface area contributed by atoms with Gasteiger partial charge in [0.1, 0.15) is 17.2 Å². The number of ether oxygens (including phenoxy) is 3. The lowest BCUT2D eigenvalue weighted by atomic mass is 10.2. The number of thioether (sulfide) groups is 1. The highest BCUT2D eigenvalue weighted by atomic mass is 79.9. The van der Waals surface area contributed by atoms with Gasteiger partial charge in [-0.25, -0.2) is 0 Å². The highest BCUT2D eigenvalue weighted by Crippen LogP contribution is 2.25. The highest BCUT2D eigenvalue weighted by molar-refractivity contribution is 9.10. The molecule has 1 heterocycles. The fraction of sp³-hybridized carbons (Fsp3) is 0.214. The molecule has 2 amide bonds. The maximum atomic E-state index is 12.9. The minimum absolute atomic E-state index is 0.0976. The van der Waals surface area contributed by atoms with E-state index in [0.717, 1.165) is 15.9 Å². The molecule has 4 rings (SSSR count). The number of amides is 2. The number of nitrogens with one attached hydrogen (secondary N) is 2. The van der Waals surface area contributed by atoms with E-state index in [0.29, 0.717) is 40.3 Å². The number of hydrogen-bond donors (Lipinski definition) is 2. The monoisotopic (exact) mass is 625 g/mol. The van der Waals surface area contributed by atoms with Gasteiger partial charge < -0.3 is 24.8 Å². The number of carbonyl (C=O) groups excluding carboxylic acids is 2. The van der Waals surface area contributed by atoms with E-state index in [1.807, 2.05) is 35.8 Å². The van der Waals surface area contributed by atoms with Gasteiger partial charge >= 0.3 is 0 Å². The quantitative estimate of drug-likeness (QED) is 0.209. The molecular formula is C28H28BrN5O5S. The third-order valence-corrected chi connectivity index (χ3v) is 7.04. The highest BCUT2D eigenvalue weighted by Gasteiger charge is 2.18. The summed E-state index contributed by atoms with van der Waals surface area (Å²) in [4.78, 5) is 25.6. The van der Waals surface area contributed by atoms with Crippen LogP contribution in [0.2, 0.25) is 0 Å². The van der Waals surface area contributed by atoms with Gasteiger partial charge in [0.25, 0.3) is 5.91 Å². The third kappa shape index (κ3) is 7.54. The van der Waals surface area contributed by atoms with Gasteiger partial charge in [-0.2, -0.15) is 0 Å². The number of aromatic nitrogens is 3. The SMILES string of the molecule is CCOc1ccc(NC(=O)CSc2nnc(CNC(=O)c3cc(OC)cc(OC)c3)n2-c2ccc(Br)cc2)cc1. The van der Waals surface area contributed by atoms with E-state index in [4.69, 9.17) is 14.2 Å². The minimum Gasteiger partial charge on any atom is -0.497 e. The van der Waals surface area contributed by atoms with Crippen LogP contribution in [0.5, 0.6) is 17.2 Å². The van der Waals surface area contributed by atoms with E-state index < -0.39 is 0 Å². The Balaban J connectivity index is 1.48. The van der Waals surface area contributed by atoms with E-state index in [1.54, 1.807) is 42.5 Å². The molecule has 0 atom stereocenters. The number of carbonyl (C=O) groups is 2. The molecule has 0 spiro atoms. The minimum atomic E-state index is -0.327. The van der Waals surface area contributed by atoms with Crippen LogP contribution < -0.4 is 24.8 Å². The number of nitrogens with zero attached hydrogens (tertiary/aromatic N) is 3. The smallest absolute Gasteiger partial charge is 0.251 e. The predicted molar refractivity (Wildman–Crippen MR) is 157 cm³/mol. The van der Waals surface area contributed by atoms with Gasteiger partial charge in [0.15, 0.2) is 11.0 Å². The second kappa shape index (κ2) is 13.9. The first-order valence-corrected chi connectivity index (χ1v) is 14.0. The largest absolute Gasteiger partial charge is 0.497 e. The van der Waals surface area contributed by atoms with E-state index in [2.05, 4.69) is 36.8 Å². The van der Waals surface area contributed by atoms with Gasteiger partial charge in [-0.3, -0.25) is 14.2 Å². The van der Waals surface area contributed by atoms with Gasteiger partial charge in [-0.05, 0) is 67.6 Å². The zero-order chi connectivity index (χ0) is 28.5. The summed E-state index contributed by atoms with van der Waals surface area (Å²) in [7, 11) is 3.05. The molecule has 0 saturated carbocycles. The molecule has 1 aromatic heterocycles. The van der Waals surface area contributed by atoms with Crippen LogP contribution in [0.15, 0.2) is 76.4 Å². The predicted octanol–water partition coefficient (Wildman–Crippen LogP) is 5.11. The molecule has 0 fully saturated rings. The van der Waals surface area contributed by atoms with Crippen LogP contribution in [0, 0.1) is 0 Å². The number of benzene rings is 3. The normalized spacial score (nSPS) is 10.6. The molecule has 0 bridgehead atoms. The molecule has 2 N–H and O–H groups in total. The molecule has 208 valence electrons. The summed E-state index contributed by atoms with van der Waals surface area (Å²) >= 11 is 4.70. The van der Waals surface area contributed by atoms with Crippen molar-refractivity contribution >= 4 is 45.2 Å². The van der Waals surface area contributed by atoms with E-state index in [1.165, 1.54) is 26.0 Å². The first kappa shape index (κ1) is 29.0. The Morgan fingerprint density at radius 3 is 2.23 bits per heavy atom. The zero-order valence-electron chi connectivity index (χ0n) is 22.1. The number of halogens is 1. The van der Waals surface area contributed by atoms with Crippen molar-refractivity contribution in [2.45, 2.75) is 18.6 Å². The first-order chi connectivity index (χ1) is 19.4. The van der Waals surface area contributed by atoms with Crippen LogP contribution in [0.4, 0.5) is 5.69 Å². The van der Waals surface area contributed by atoms with Crippen LogP contribution in [-0.2, 0) is 11.3 Å². The topological polar surface area (TPSA) is 117 Å². The van der Waals surface area contributed by atoms with Crippen LogP contribution >= 0.6 is 27.7 Å². The Hall–Kier alpha value is -4.03. The molecule has 10 nitrogen and oxygen atoms in total. The van der Waals surface area contributed by atoms with Crippen molar-refractivity contribution in [1.82, 2.24) is 20.1 Å². The molecule has 3 aromatic carbocycles. The summed E-state index contributed by atoms with van der Waals surface area (Å²) in [5.41, 5.74) is 1.84. The second-order valence-electron chi connectivity index (χ2n) is 8.29. The van der Waals surface area contributed by atoms with Gasteiger partial charge in [-0.1, -0.05) is 27.7 Å². The van der Waals surface area contributed by atoms with Crippen molar-refractivity contribution in [1.29, 1.82) is 0 Å². The number of rotatable bonds is 12. The van der Waals surface area contributed by atoms with Crippen LogP contribution in [0.3, 0.4) is 0 Å². The number of hydrogen-bond acceptors (Lipinski definition) is 8. The summed E-state index contributed by atoms with van der Waals surface area (Å²) in [5.74, 6) is 1.84. The second-order valence-corrected chi connectivity index (χ2v) is 10.1. The van der Waals surface area contributed by atoms with E-state index >= 15 is 0 Å². The maximum absolute atomic E-state index is 12.9. The summed E-state index contributed by atoms with van der Waals surface area (Å²) < 4.78 is 18.7. The molecule has 0 aliphatic heterocycles. The van der Waals surface area contributed by atoms with Crippen molar-refractivity contribution in [2.75, 3.05) is 31.9 Å². The molecule has 0 aliphatic rings. The fourth-order valence-electron chi connectivity index (χ4n) is 3.69. The molecule has 0 aliphatic carbocycles. The van der Waals surface area contributed by atoms with Gasteiger partial charge in [-0.15, -0.1) is 10.2 Å². The number of methoxy groups -OCH3 is 2. The van der Waals surface area contributed by atoms with Crippen molar-refractivity contribution < 1.29 is 23.8 Å². The van der Waals surface area contributed by atoms with E-state index in [9.17, 15) is 9.59 Å². The van der Waals surface area contributed by atoms with E-state index in [-0.39, 0.29) is 24.1 Å². The summed E-state index contributed by atoms with van der Waals surface area (Å²) in [6.45, 7) is 2.58. The lowest BCUT2D eigenvalue weighted by molar-refractivity contribution is -0.113. The lowest BCUT2D eigenvalue weighted by Gasteiger charge is -2.12. The average Bonchev–Trinajstić information content (AvgIpc) is 3.38. The van der Waals surface area contributed by atoms with Crippen LogP contribution in [-0.4, -0.2) is 53.2 Å². The fourth-order valence-corrected chi connectivity index (χ4v) is 4.72. The molecule has 0 radical (unpaired) electrons. The summed E-state index contributed by atoms with van der Waals surface area (Å²) in [5, 5.41) is 14.9. The summed E-state index contributed by atoms with van der Waals surface area (Å²) in [6, 6.07) is 19.7. The Morgan fingerprint density at radius 1 is 0.925 bits per heavy atom. The van der Waals surface area contributed by atoms with Crippen LogP contribution in [0.1, 0.15) is 23.1 Å². The standard InChI is InChI=1S/C28H28BrN5O5S/c1-4-39-22-11-7-20(8-12-22)31-26(35)17-40-28-33-32-25(34(28)21-9-5-19(29)6-10-21)16-30-27(36)18-13-23(37-2)15-24(14-18)38-3/h5-15H,4,16-17H2,1-3H3,(H,30,36)(H,31,35). The molecule has 0 unspecified atom stereocenters. The van der Waals surface area contributed by atoms with Crippen molar-refractivity contribution in [3.05, 3.63) is 82.6 Å². The third-order valence-electron chi connectivity index (χ3n) is 5.59. The molecule has 12 heteroatoms. The maximum Gasteiger partial charge on any atom is 0.251 e. The Bertz CT molecular complexity index is 1440. The van der Waals surface area contributed by atoms with Gasteiger partial charge in [0.2, 0.25) is 5.91 Å². The Morgan fingerprint density at radius 2 is 1.60 bits per heavy atom. The van der Waals surface area contributed by atoms with Crippen molar-refractivity contribution in [3.8, 4) is 22.9 Å². The number of anilines is 1. The van der Waals surface area contributed by atoms with Crippen LogP contribution in [0.25, 0.3) is 5.69 Å². The van der Waals surface area contributed by atoms with Crippen molar-refractivity contribution in [2.24, 2.45) is 0 Å². The molecule has 4 aromatic rings. The molecule has 40 heavy (non-hydrogen) atoms. The lowest BCUT2D eigenvalue weighted by Crippen LogP contribution is -2.24. The van der Waals surface area contributed by atoms with Gasteiger partial charge in [0, 0.05) is 27.5 Å². The molecule has 0 saturated heterocycles. The first-order valence-electron chi connectivity index (χ1n) is 12.3. The van der Waals surface area contributed by atoms with Crippen molar-refractivity contribution in [3.63, 3.8) is 0 Å². The van der Waals surface area contributed by atoms with Gasteiger partial charge in [0.05, 0.1) is 33.1 Å². The Labute approximate surface area is 244 Å².